The second kappa shape index (κ2) is 14.3. The lowest BCUT2D eigenvalue weighted by atomic mass is 9.93. The molecule has 0 aliphatic carbocycles. The van der Waals surface area contributed by atoms with Crippen LogP contribution in [0.3, 0.4) is 0 Å². The van der Waals surface area contributed by atoms with E-state index in [4.69, 9.17) is 0 Å². The molecular weight excluding hydrogens is 645 g/mol. The fourth-order valence-electron chi connectivity index (χ4n) is 4.66. The zero-order valence-corrected chi connectivity index (χ0v) is 24.7. The molecule has 0 bridgehead atoms. The second-order valence-corrected chi connectivity index (χ2v) is 10.6. The van der Waals surface area contributed by atoms with Crippen LogP contribution in [0.25, 0.3) is 11.4 Å². The molecule has 5 rings (SSSR count). The van der Waals surface area contributed by atoms with Crippen molar-refractivity contribution >= 4 is 11.7 Å². The summed E-state index contributed by atoms with van der Waals surface area (Å²) in [6.45, 7) is 4.39. The van der Waals surface area contributed by atoms with Crippen LogP contribution in [0.15, 0.2) is 55.1 Å². The first-order valence-electron chi connectivity index (χ1n) is 14.0. The molecule has 1 saturated heterocycles. The lowest BCUT2D eigenvalue weighted by Crippen LogP contribution is -2.49. The Labute approximate surface area is 262 Å². The number of carbonyl (C=O) groups excluding carboxylic acids is 1. The van der Waals surface area contributed by atoms with Crippen LogP contribution in [0.2, 0.25) is 0 Å². The number of hydrogen-bond donors (Lipinski definition) is 1. The summed E-state index contributed by atoms with van der Waals surface area (Å²) in [6.07, 6.45) is -3.92. The number of aromatic nitrogens is 5. The minimum absolute atomic E-state index is 0.0579. The number of anilines is 1. The van der Waals surface area contributed by atoms with Gasteiger partial charge in [-0.05, 0) is 56.0 Å². The topological polar surface area (TPSA) is 96.8 Å². The van der Waals surface area contributed by atoms with Gasteiger partial charge in [-0.2, -0.15) is 30.7 Å². The highest BCUT2D eigenvalue weighted by Gasteiger charge is 2.35. The van der Waals surface area contributed by atoms with Crippen LogP contribution in [0, 0.1) is 30.4 Å². The molecule has 4 aromatic rings. The minimum atomic E-state index is -4.69. The van der Waals surface area contributed by atoms with Crippen molar-refractivity contribution < 1.29 is 44.3 Å². The van der Waals surface area contributed by atoms with Crippen LogP contribution >= 0.6 is 0 Å². The molecule has 0 aromatic carbocycles. The first kappa shape index (κ1) is 35.0. The van der Waals surface area contributed by atoms with Gasteiger partial charge in [-0.15, -0.1) is 0 Å². The number of alkyl halides is 6. The lowest BCUT2D eigenvalue weighted by molar-refractivity contribution is -0.138. The highest BCUT2D eigenvalue weighted by molar-refractivity contribution is 5.98. The number of hydrogen-bond acceptors (Lipinski definition) is 7. The molecule has 1 aliphatic heterocycles. The maximum Gasteiger partial charge on any atom is 0.417 e. The van der Waals surface area contributed by atoms with Gasteiger partial charge in [0.15, 0.2) is 23.3 Å². The third-order valence-corrected chi connectivity index (χ3v) is 7.04. The SMILES string of the molecule is Cc1ccc(-c2ncccn2)c(C(=O)N2C[C@@H](C)CC[C@H]2CNc2ncc(C(F)(F)F)cc2F)n1.Fc1cc(C(F)(F)F)cnc1F. The molecule has 1 aliphatic rings. The van der Waals surface area contributed by atoms with Gasteiger partial charge in [0.2, 0.25) is 5.95 Å². The minimum Gasteiger partial charge on any atom is -0.366 e. The summed E-state index contributed by atoms with van der Waals surface area (Å²) in [5.74, 6) is -4.25. The van der Waals surface area contributed by atoms with Crippen LogP contribution in [-0.2, 0) is 12.4 Å². The van der Waals surface area contributed by atoms with Gasteiger partial charge in [0.25, 0.3) is 5.91 Å². The molecule has 1 fully saturated rings. The van der Waals surface area contributed by atoms with Crippen molar-refractivity contribution in [2.24, 2.45) is 5.92 Å². The van der Waals surface area contributed by atoms with Crippen molar-refractivity contribution in [3.63, 3.8) is 0 Å². The van der Waals surface area contributed by atoms with Crippen LogP contribution in [0.5, 0.6) is 0 Å². The molecule has 17 heteroatoms. The highest BCUT2D eigenvalue weighted by atomic mass is 19.4. The van der Waals surface area contributed by atoms with E-state index in [1.54, 1.807) is 42.4 Å². The fraction of sp³-hybridized carbons (Fsp3) is 0.333. The van der Waals surface area contributed by atoms with E-state index in [1.807, 2.05) is 6.92 Å². The third-order valence-electron chi connectivity index (χ3n) is 7.04. The normalized spacial score (nSPS) is 16.7. The van der Waals surface area contributed by atoms with Crippen LogP contribution in [0.1, 0.15) is 47.1 Å². The van der Waals surface area contributed by atoms with E-state index in [0.29, 0.717) is 42.3 Å². The molecule has 250 valence electrons. The van der Waals surface area contributed by atoms with Crippen molar-refractivity contribution in [1.29, 1.82) is 0 Å². The Kier molecular flexibility index (Phi) is 10.7. The maximum absolute atomic E-state index is 14.3. The van der Waals surface area contributed by atoms with E-state index in [1.165, 1.54) is 0 Å². The van der Waals surface area contributed by atoms with Crippen molar-refractivity contribution in [2.75, 3.05) is 18.4 Å². The quantitative estimate of drug-likeness (QED) is 0.178. The Morgan fingerprint density at radius 2 is 1.51 bits per heavy atom. The summed E-state index contributed by atoms with van der Waals surface area (Å²) in [6, 6.07) is 5.34. The average Bonchev–Trinajstić information content (AvgIpc) is 3.01. The third kappa shape index (κ3) is 8.92. The number of rotatable bonds is 5. The van der Waals surface area contributed by atoms with Gasteiger partial charge in [0.1, 0.15) is 5.69 Å². The number of amides is 1. The lowest BCUT2D eigenvalue weighted by Gasteiger charge is -2.39. The molecule has 1 N–H and O–H groups in total. The molecule has 47 heavy (non-hydrogen) atoms. The molecule has 0 saturated carbocycles. The number of nitrogens with one attached hydrogen (secondary N) is 1. The van der Waals surface area contributed by atoms with Crippen molar-refractivity contribution in [1.82, 2.24) is 29.8 Å². The van der Waals surface area contributed by atoms with Gasteiger partial charge in [-0.1, -0.05) is 6.92 Å². The van der Waals surface area contributed by atoms with Gasteiger partial charge in [0.05, 0.1) is 16.7 Å². The van der Waals surface area contributed by atoms with E-state index in [2.05, 4.69) is 30.2 Å². The predicted molar refractivity (Wildman–Crippen MR) is 150 cm³/mol. The first-order valence-corrected chi connectivity index (χ1v) is 14.0. The summed E-state index contributed by atoms with van der Waals surface area (Å²) in [5.41, 5.74) is -1.09. The monoisotopic (exact) mass is 671 g/mol. The smallest absolute Gasteiger partial charge is 0.366 e. The summed E-state index contributed by atoms with van der Waals surface area (Å²) >= 11 is 0. The molecule has 8 nitrogen and oxygen atoms in total. The average molecular weight is 672 g/mol. The van der Waals surface area contributed by atoms with Gasteiger partial charge in [-0.25, -0.2) is 33.7 Å². The Morgan fingerprint density at radius 1 is 0.894 bits per heavy atom. The molecule has 0 unspecified atom stereocenters. The molecule has 0 radical (unpaired) electrons. The number of piperidine rings is 1. The van der Waals surface area contributed by atoms with Gasteiger partial charge in [-0.3, -0.25) is 4.79 Å². The van der Waals surface area contributed by atoms with Crippen molar-refractivity contribution in [2.45, 2.75) is 45.1 Å². The number of carbonyl (C=O) groups is 1. The van der Waals surface area contributed by atoms with Crippen LogP contribution in [-0.4, -0.2) is 54.9 Å². The van der Waals surface area contributed by atoms with Gasteiger partial charge >= 0.3 is 12.4 Å². The van der Waals surface area contributed by atoms with Crippen molar-refractivity contribution in [3.05, 3.63) is 95.2 Å². The molecule has 2 atom stereocenters. The largest absolute Gasteiger partial charge is 0.417 e. The van der Waals surface area contributed by atoms with E-state index in [-0.39, 0.29) is 48.2 Å². The first-order chi connectivity index (χ1) is 22.0. The predicted octanol–water partition coefficient (Wildman–Crippen LogP) is 7.13. The molecule has 4 aromatic heterocycles. The Balaban J connectivity index is 0.000000351. The van der Waals surface area contributed by atoms with E-state index < -0.39 is 41.1 Å². The summed E-state index contributed by atoms with van der Waals surface area (Å²) in [7, 11) is 0. The maximum atomic E-state index is 14.3. The van der Waals surface area contributed by atoms with E-state index in [0.717, 1.165) is 6.42 Å². The number of halogens is 9. The van der Waals surface area contributed by atoms with Crippen LogP contribution in [0.4, 0.5) is 45.3 Å². The molecule has 1 amide bonds. The Morgan fingerprint density at radius 3 is 2.11 bits per heavy atom. The number of aryl methyl sites for hydroxylation is 1. The van der Waals surface area contributed by atoms with E-state index in [9.17, 15) is 44.3 Å². The fourth-order valence-corrected chi connectivity index (χ4v) is 4.66. The zero-order chi connectivity index (χ0) is 34.5. The van der Waals surface area contributed by atoms with Crippen LogP contribution < -0.4 is 5.32 Å². The standard InChI is InChI=1S/C24H24F4N6O.C6H2F5N/c1-14-4-6-17(12-32-22-19(25)10-16(11-31-22)24(26,27)28)34(13-14)23(35)20-18(7-5-15(2)33-20)21-29-8-3-9-30-21;7-4-1-3(6(9,10)11)2-12-5(4)8/h3,5,7-11,14,17H,4,6,12-13H2,1-2H3,(H,31,32);1-2H/t14-,17-;/m0./s1. The van der Waals surface area contributed by atoms with Crippen molar-refractivity contribution in [3.8, 4) is 11.4 Å². The van der Waals surface area contributed by atoms with E-state index >= 15 is 0 Å². The Bertz CT molecular complexity index is 1700. The molecule has 5 heterocycles. The second-order valence-electron chi connectivity index (χ2n) is 10.6. The highest BCUT2D eigenvalue weighted by Crippen LogP contribution is 2.31. The molecular formula is C30H26F9N7O. The number of likely N-dealkylation sites (tertiary alicyclic amines) is 1. The summed E-state index contributed by atoms with van der Waals surface area (Å²) in [5, 5.41) is 2.78. The number of pyridine rings is 3. The zero-order valence-electron chi connectivity index (χ0n) is 24.7. The Hall–Kier alpha value is -4.83. The molecule has 0 spiro atoms. The summed E-state index contributed by atoms with van der Waals surface area (Å²) < 4.78 is 112. The van der Waals surface area contributed by atoms with Gasteiger partial charge < -0.3 is 10.2 Å². The van der Waals surface area contributed by atoms with Gasteiger partial charge in [0, 0.05) is 49.6 Å². The number of nitrogens with zero attached hydrogens (tertiary/aromatic N) is 6. The summed E-state index contributed by atoms with van der Waals surface area (Å²) in [4.78, 5) is 34.5.